The number of hydrogen-bond acceptors (Lipinski definition) is 4. The van der Waals surface area contributed by atoms with Crippen molar-refractivity contribution in [1.82, 2.24) is 15.5 Å². The number of rotatable bonds is 10. The van der Waals surface area contributed by atoms with E-state index in [1.165, 1.54) is 6.26 Å². The quantitative estimate of drug-likeness (QED) is 0.355. The van der Waals surface area contributed by atoms with Crippen LogP contribution in [0.1, 0.15) is 40.5 Å². The van der Waals surface area contributed by atoms with Gasteiger partial charge in [-0.15, -0.1) is 0 Å². The molecule has 6 nitrogen and oxygen atoms in total. The Kier molecular flexibility index (Phi) is 10.4. The molecule has 0 saturated carbocycles. The Morgan fingerprint density at radius 3 is 1.95 bits per heavy atom. The number of nitrogens with one attached hydrogen (secondary N) is 2. The summed E-state index contributed by atoms with van der Waals surface area (Å²) in [5.41, 5.74) is 0. The van der Waals surface area contributed by atoms with Gasteiger partial charge in [-0.05, 0) is 40.5 Å². The van der Waals surface area contributed by atoms with Crippen molar-refractivity contribution in [3.63, 3.8) is 0 Å². The highest BCUT2D eigenvalue weighted by Crippen LogP contribution is 2.05. The van der Waals surface area contributed by atoms with Gasteiger partial charge < -0.3 is 10.6 Å². The molecule has 0 aliphatic heterocycles. The van der Waals surface area contributed by atoms with Crippen LogP contribution < -0.4 is 10.6 Å². The van der Waals surface area contributed by atoms with Gasteiger partial charge in [-0.25, -0.2) is 8.42 Å². The largest absolute Gasteiger partial charge is 0.356 e. The maximum Gasteiger partial charge on any atom is 0.190 e. The lowest BCUT2D eigenvalue weighted by Gasteiger charge is -2.30. The molecule has 0 aromatic rings. The highest BCUT2D eigenvalue weighted by Gasteiger charge is 2.12. The van der Waals surface area contributed by atoms with Crippen molar-refractivity contribution < 1.29 is 8.42 Å². The van der Waals surface area contributed by atoms with Gasteiger partial charge in [0.2, 0.25) is 0 Å². The lowest BCUT2D eigenvalue weighted by Crippen LogP contribution is -2.41. The predicted octanol–water partition coefficient (Wildman–Crippen LogP) is 1.10. The molecular formula is C15H34N4O2S. The zero-order chi connectivity index (χ0) is 17.2. The molecule has 0 bridgehead atoms. The molecule has 0 rings (SSSR count). The van der Waals surface area contributed by atoms with Crippen LogP contribution in [0, 0.1) is 0 Å². The first-order chi connectivity index (χ1) is 10.2. The molecule has 0 spiro atoms. The van der Waals surface area contributed by atoms with Crippen LogP contribution in [0.3, 0.4) is 0 Å². The molecule has 0 heterocycles. The maximum absolute atomic E-state index is 11.1. The van der Waals surface area contributed by atoms with Gasteiger partial charge in [-0.1, -0.05) is 0 Å². The molecule has 0 fully saturated rings. The Morgan fingerprint density at radius 2 is 1.55 bits per heavy atom. The number of hydrogen-bond donors (Lipinski definition) is 2. The summed E-state index contributed by atoms with van der Waals surface area (Å²) in [5, 5.41) is 6.40. The Hall–Kier alpha value is -0.820. The third kappa shape index (κ3) is 10.8. The predicted molar refractivity (Wildman–Crippen MR) is 95.3 cm³/mol. The van der Waals surface area contributed by atoms with Crippen molar-refractivity contribution in [2.24, 2.45) is 4.99 Å². The summed E-state index contributed by atoms with van der Waals surface area (Å²) < 4.78 is 22.1. The molecule has 0 unspecified atom stereocenters. The molecule has 22 heavy (non-hydrogen) atoms. The highest BCUT2D eigenvalue weighted by atomic mass is 32.2. The van der Waals surface area contributed by atoms with E-state index in [-0.39, 0.29) is 5.75 Å². The van der Waals surface area contributed by atoms with E-state index in [1.54, 1.807) is 7.05 Å². The first-order valence-corrected chi connectivity index (χ1v) is 10.1. The Morgan fingerprint density at radius 1 is 1.05 bits per heavy atom. The fourth-order valence-electron chi connectivity index (χ4n) is 2.34. The monoisotopic (exact) mass is 334 g/mol. The SMILES string of the molecule is CN=C(NCCCN(C(C)C)C(C)C)NCCCS(C)(=O)=O. The van der Waals surface area contributed by atoms with Crippen molar-refractivity contribution in [3.8, 4) is 0 Å². The lowest BCUT2D eigenvalue weighted by atomic mass is 10.2. The van der Waals surface area contributed by atoms with Crippen molar-refractivity contribution in [2.75, 3.05) is 38.7 Å². The first-order valence-electron chi connectivity index (χ1n) is 8.05. The van der Waals surface area contributed by atoms with E-state index >= 15 is 0 Å². The zero-order valence-electron chi connectivity index (χ0n) is 15.0. The summed E-state index contributed by atoms with van der Waals surface area (Å²) in [6, 6.07) is 1.10. The van der Waals surface area contributed by atoms with E-state index in [2.05, 4.69) is 48.2 Å². The van der Waals surface area contributed by atoms with Crippen LogP contribution in [-0.2, 0) is 9.84 Å². The lowest BCUT2D eigenvalue weighted by molar-refractivity contribution is 0.173. The second-order valence-corrected chi connectivity index (χ2v) is 8.45. The van der Waals surface area contributed by atoms with Crippen LogP contribution in [0.5, 0.6) is 0 Å². The maximum atomic E-state index is 11.1. The van der Waals surface area contributed by atoms with Crippen LogP contribution in [-0.4, -0.2) is 70.1 Å². The Labute approximate surface area is 136 Å². The molecule has 0 aliphatic rings. The van der Waals surface area contributed by atoms with Gasteiger partial charge in [0.1, 0.15) is 9.84 Å². The van der Waals surface area contributed by atoms with Crippen molar-refractivity contribution in [1.29, 1.82) is 0 Å². The molecule has 0 atom stereocenters. The fraction of sp³-hybridized carbons (Fsp3) is 0.933. The normalized spacial score (nSPS) is 13.2. The van der Waals surface area contributed by atoms with Crippen LogP contribution in [0.25, 0.3) is 0 Å². The van der Waals surface area contributed by atoms with Crippen molar-refractivity contribution in [2.45, 2.75) is 52.6 Å². The van der Waals surface area contributed by atoms with Gasteiger partial charge in [-0.3, -0.25) is 9.89 Å². The van der Waals surface area contributed by atoms with Crippen LogP contribution in [0.15, 0.2) is 4.99 Å². The van der Waals surface area contributed by atoms with Gasteiger partial charge in [0.05, 0.1) is 5.75 Å². The van der Waals surface area contributed by atoms with E-state index in [1.807, 2.05) is 0 Å². The molecule has 0 amide bonds. The van der Waals surface area contributed by atoms with Crippen LogP contribution in [0.4, 0.5) is 0 Å². The third-order valence-corrected chi connectivity index (χ3v) is 4.45. The molecule has 0 aromatic heterocycles. The average Bonchev–Trinajstić information content (AvgIpc) is 2.38. The van der Waals surface area contributed by atoms with Gasteiger partial charge in [0, 0.05) is 45.0 Å². The van der Waals surface area contributed by atoms with E-state index in [9.17, 15) is 8.42 Å². The summed E-state index contributed by atoms with van der Waals surface area (Å²) in [6.45, 7) is 11.4. The third-order valence-electron chi connectivity index (χ3n) is 3.42. The first kappa shape index (κ1) is 21.2. The second kappa shape index (κ2) is 10.8. The Balaban J connectivity index is 3.92. The molecule has 0 saturated heterocycles. The molecule has 0 aromatic carbocycles. The summed E-state index contributed by atoms with van der Waals surface area (Å²) in [5.74, 6) is 0.934. The van der Waals surface area contributed by atoms with Crippen LogP contribution in [0.2, 0.25) is 0 Å². The number of guanidine groups is 1. The Bertz CT molecular complexity index is 411. The highest BCUT2D eigenvalue weighted by molar-refractivity contribution is 7.90. The van der Waals surface area contributed by atoms with Gasteiger partial charge >= 0.3 is 0 Å². The number of aliphatic imine (C=N–C) groups is 1. The number of sulfone groups is 1. The summed E-state index contributed by atoms with van der Waals surface area (Å²) in [7, 11) is -1.16. The van der Waals surface area contributed by atoms with Gasteiger partial charge in [0.25, 0.3) is 0 Å². The average molecular weight is 335 g/mol. The van der Waals surface area contributed by atoms with Crippen LogP contribution >= 0.6 is 0 Å². The molecule has 2 N–H and O–H groups in total. The van der Waals surface area contributed by atoms with E-state index < -0.39 is 9.84 Å². The molecule has 132 valence electrons. The minimum Gasteiger partial charge on any atom is -0.356 e. The zero-order valence-corrected chi connectivity index (χ0v) is 15.8. The van der Waals surface area contributed by atoms with Crippen molar-refractivity contribution in [3.05, 3.63) is 0 Å². The van der Waals surface area contributed by atoms with Gasteiger partial charge in [-0.2, -0.15) is 0 Å². The van der Waals surface area contributed by atoms with Gasteiger partial charge in [0.15, 0.2) is 5.96 Å². The minimum atomic E-state index is -2.88. The smallest absolute Gasteiger partial charge is 0.190 e. The van der Waals surface area contributed by atoms with E-state index in [4.69, 9.17) is 0 Å². The standard InChI is InChI=1S/C15H34N4O2S/c1-13(2)19(14(3)4)11-7-9-17-15(16-5)18-10-8-12-22(6,20)21/h13-14H,7-12H2,1-6H3,(H2,16,17,18). The number of nitrogens with zero attached hydrogens (tertiary/aromatic N) is 2. The minimum absolute atomic E-state index is 0.203. The second-order valence-electron chi connectivity index (χ2n) is 6.19. The fourth-order valence-corrected chi connectivity index (χ4v) is 3.01. The van der Waals surface area contributed by atoms with Crippen molar-refractivity contribution >= 4 is 15.8 Å². The van der Waals surface area contributed by atoms with E-state index in [0.717, 1.165) is 25.5 Å². The molecule has 7 heteroatoms. The van der Waals surface area contributed by atoms with E-state index in [0.29, 0.717) is 25.0 Å². The molecule has 0 radical (unpaired) electrons. The molecule has 0 aliphatic carbocycles. The summed E-state index contributed by atoms with van der Waals surface area (Å²) in [6.07, 6.45) is 2.89. The summed E-state index contributed by atoms with van der Waals surface area (Å²) in [4.78, 5) is 6.60. The molecular weight excluding hydrogens is 300 g/mol. The topological polar surface area (TPSA) is 73.8 Å². The summed E-state index contributed by atoms with van der Waals surface area (Å²) >= 11 is 0.